The summed E-state index contributed by atoms with van der Waals surface area (Å²) in [6.07, 6.45) is 5.92. The first-order valence-corrected chi connectivity index (χ1v) is 8.51. The number of hydrogen-bond acceptors (Lipinski definition) is 4. The third kappa shape index (κ3) is 5.38. The minimum Gasteiger partial charge on any atom is -0.462 e. The van der Waals surface area contributed by atoms with Gasteiger partial charge in [-0.3, -0.25) is 0 Å². The molecule has 0 amide bonds. The second-order valence-corrected chi connectivity index (χ2v) is 6.64. The van der Waals surface area contributed by atoms with Gasteiger partial charge < -0.3 is 9.47 Å². The summed E-state index contributed by atoms with van der Waals surface area (Å²) < 4.78 is 10.7. The molecule has 126 valence electrons. The van der Waals surface area contributed by atoms with Crippen molar-refractivity contribution in [3.05, 3.63) is 35.4 Å². The fourth-order valence-electron chi connectivity index (χ4n) is 2.78. The topological polar surface area (TPSA) is 52.6 Å². The van der Waals surface area contributed by atoms with Crippen LogP contribution in [0.5, 0.6) is 0 Å². The van der Waals surface area contributed by atoms with E-state index in [1.165, 1.54) is 19.3 Å². The lowest BCUT2D eigenvalue weighted by molar-refractivity contribution is 0.0382. The standard InChI is InChI=1S/C19H26O4/c1-14(2)12-22-18(20)16-10-6-7-11-17(16)19(21)23-13-15-8-4-3-5-9-15/h6-7,10-11,14-15H,3-5,8-9,12-13H2,1-2H3. The Balaban J connectivity index is 1.97. The molecule has 0 saturated heterocycles. The Morgan fingerprint density at radius 1 is 1.00 bits per heavy atom. The molecule has 0 aliphatic heterocycles. The predicted octanol–water partition coefficient (Wildman–Crippen LogP) is 4.24. The molecule has 1 aromatic rings. The Morgan fingerprint density at radius 3 is 2.13 bits per heavy atom. The molecule has 0 bridgehead atoms. The molecular formula is C19H26O4. The van der Waals surface area contributed by atoms with Gasteiger partial charge in [-0.05, 0) is 36.8 Å². The van der Waals surface area contributed by atoms with Crippen LogP contribution in [0, 0.1) is 11.8 Å². The minimum absolute atomic E-state index is 0.254. The molecule has 1 aliphatic rings. The van der Waals surface area contributed by atoms with Crippen molar-refractivity contribution in [2.75, 3.05) is 13.2 Å². The van der Waals surface area contributed by atoms with Crippen LogP contribution in [0.4, 0.5) is 0 Å². The molecular weight excluding hydrogens is 292 g/mol. The van der Waals surface area contributed by atoms with Gasteiger partial charge in [0.05, 0.1) is 24.3 Å². The van der Waals surface area contributed by atoms with Crippen molar-refractivity contribution in [3.63, 3.8) is 0 Å². The van der Waals surface area contributed by atoms with Gasteiger partial charge in [0.15, 0.2) is 0 Å². The van der Waals surface area contributed by atoms with E-state index in [4.69, 9.17) is 9.47 Å². The molecule has 0 atom stereocenters. The zero-order valence-corrected chi connectivity index (χ0v) is 14.0. The SMILES string of the molecule is CC(C)COC(=O)c1ccccc1C(=O)OCC1CCCCC1. The second kappa shape index (κ2) is 8.70. The quantitative estimate of drug-likeness (QED) is 0.736. The molecule has 0 radical (unpaired) electrons. The number of ether oxygens (including phenoxy) is 2. The maximum Gasteiger partial charge on any atom is 0.339 e. The molecule has 4 nitrogen and oxygen atoms in total. The first kappa shape index (κ1) is 17.5. The van der Waals surface area contributed by atoms with Crippen molar-refractivity contribution in [2.24, 2.45) is 11.8 Å². The summed E-state index contributed by atoms with van der Waals surface area (Å²) in [6, 6.07) is 6.69. The summed E-state index contributed by atoms with van der Waals surface area (Å²) in [6.45, 7) is 4.72. The van der Waals surface area contributed by atoms with Crippen LogP contribution < -0.4 is 0 Å². The maximum atomic E-state index is 12.3. The smallest absolute Gasteiger partial charge is 0.339 e. The van der Waals surface area contributed by atoms with E-state index < -0.39 is 11.9 Å². The Kier molecular flexibility index (Phi) is 6.63. The van der Waals surface area contributed by atoms with Gasteiger partial charge in [0.2, 0.25) is 0 Å². The van der Waals surface area contributed by atoms with E-state index in [0.29, 0.717) is 19.1 Å². The van der Waals surface area contributed by atoms with Crippen LogP contribution in [0.15, 0.2) is 24.3 Å². The van der Waals surface area contributed by atoms with Crippen molar-refractivity contribution in [1.82, 2.24) is 0 Å². The highest BCUT2D eigenvalue weighted by molar-refractivity contribution is 6.03. The molecule has 0 unspecified atom stereocenters. The summed E-state index contributed by atoms with van der Waals surface area (Å²) in [5.41, 5.74) is 0.568. The van der Waals surface area contributed by atoms with Gasteiger partial charge >= 0.3 is 11.9 Å². The van der Waals surface area contributed by atoms with Gasteiger partial charge in [0, 0.05) is 0 Å². The first-order chi connectivity index (χ1) is 11.1. The number of hydrogen-bond donors (Lipinski definition) is 0. The minimum atomic E-state index is -0.469. The van der Waals surface area contributed by atoms with Crippen LogP contribution in [-0.4, -0.2) is 25.2 Å². The van der Waals surface area contributed by atoms with Crippen molar-refractivity contribution in [3.8, 4) is 0 Å². The number of rotatable bonds is 6. The molecule has 23 heavy (non-hydrogen) atoms. The lowest BCUT2D eigenvalue weighted by Gasteiger charge is -2.21. The summed E-state index contributed by atoms with van der Waals surface area (Å²) in [5, 5.41) is 0. The fourth-order valence-corrected chi connectivity index (χ4v) is 2.78. The van der Waals surface area contributed by atoms with Gasteiger partial charge in [-0.1, -0.05) is 45.2 Å². The van der Waals surface area contributed by atoms with Crippen LogP contribution in [0.25, 0.3) is 0 Å². The number of carbonyl (C=O) groups excluding carboxylic acids is 2. The summed E-state index contributed by atoms with van der Waals surface area (Å²) >= 11 is 0. The van der Waals surface area contributed by atoms with Gasteiger partial charge in [-0.25, -0.2) is 9.59 Å². The van der Waals surface area contributed by atoms with Gasteiger partial charge in [0.25, 0.3) is 0 Å². The zero-order chi connectivity index (χ0) is 16.7. The van der Waals surface area contributed by atoms with E-state index in [2.05, 4.69) is 0 Å². The van der Waals surface area contributed by atoms with E-state index in [1.54, 1.807) is 24.3 Å². The van der Waals surface area contributed by atoms with Crippen LogP contribution in [0.1, 0.15) is 66.7 Å². The van der Waals surface area contributed by atoms with E-state index in [1.807, 2.05) is 13.8 Å². The monoisotopic (exact) mass is 318 g/mol. The average Bonchev–Trinajstić information content (AvgIpc) is 2.58. The van der Waals surface area contributed by atoms with Crippen LogP contribution >= 0.6 is 0 Å². The normalized spacial score (nSPS) is 15.4. The van der Waals surface area contributed by atoms with E-state index in [0.717, 1.165) is 12.8 Å². The van der Waals surface area contributed by atoms with Gasteiger partial charge in [-0.2, -0.15) is 0 Å². The van der Waals surface area contributed by atoms with Crippen molar-refractivity contribution >= 4 is 11.9 Å². The molecule has 0 N–H and O–H groups in total. The summed E-state index contributed by atoms with van der Waals surface area (Å²) in [5.74, 6) is -0.200. The third-order valence-corrected chi connectivity index (χ3v) is 4.09. The molecule has 1 fully saturated rings. The highest BCUT2D eigenvalue weighted by Gasteiger charge is 2.21. The molecule has 1 aromatic carbocycles. The Morgan fingerprint density at radius 2 is 1.57 bits per heavy atom. The van der Waals surface area contributed by atoms with Crippen LogP contribution in [0.2, 0.25) is 0 Å². The second-order valence-electron chi connectivity index (χ2n) is 6.64. The molecule has 0 heterocycles. The largest absolute Gasteiger partial charge is 0.462 e. The van der Waals surface area contributed by atoms with Gasteiger partial charge in [0.1, 0.15) is 0 Å². The predicted molar refractivity (Wildman–Crippen MR) is 88.4 cm³/mol. The molecule has 0 aromatic heterocycles. The molecule has 1 saturated carbocycles. The van der Waals surface area contributed by atoms with Crippen molar-refractivity contribution in [1.29, 1.82) is 0 Å². The molecule has 2 rings (SSSR count). The Labute approximate surface area is 138 Å². The number of esters is 2. The Bertz CT molecular complexity index is 530. The number of benzene rings is 1. The lowest BCUT2D eigenvalue weighted by Crippen LogP contribution is -2.19. The van der Waals surface area contributed by atoms with Crippen LogP contribution in [0.3, 0.4) is 0 Å². The average molecular weight is 318 g/mol. The zero-order valence-electron chi connectivity index (χ0n) is 14.0. The molecule has 4 heteroatoms. The molecule has 1 aliphatic carbocycles. The summed E-state index contributed by atoms with van der Waals surface area (Å²) in [7, 11) is 0. The van der Waals surface area contributed by atoms with Crippen LogP contribution in [-0.2, 0) is 9.47 Å². The molecule has 0 spiro atoms. The first-order valence-electron chi connectivity index (χ1n) is 8.51. The fraction of sp³-hybridized carbons (Fsp3) is 0.579. The Hall–Kier alpha value is -1.84. The summed E-state index contributed by atoms with van der Waals surface area (Å²) in [4.78, 5) is 24.5. The number of carbonyl (C=O) groups is 2. The maximum absolute atomic E-state index is 12.3. The van der Waals surface area contributed by atoms with Crippen molar-refractivity contribution in [2.45, 2.75) is 46.0 Å². The van der Waals surface area contributed by atoms with E-state index in [-0.39, 0.29) is 17.0 Å². The van der Waals surface area contributed by atoms with E-state index >= 15 is 0 Å². The van der Waals surface area contributed by atoms with Crippen molar-refractivity contribution < 1.29 is 19.1 Å². The van der Waals surface area contributed by atoms with Gasteiger partial charge in [-0.15, -0.1) is 0 Å². The third-order valence-electron chi connectivity index (χ3n) is 4.09. The van der Waals surface area contributed by atoms with E-state index in [9.17, 15) is 9.59 Å². The lowest BCUT2D eigenvalue weighted by atomic mass is 9.90. The highest BCUT2D eigenvalue weighted by Crippen LogP contribution is 2.24. The highest BCUT2D eigenvalue weighted by atomic mass is 16.5.